The van der Waals surface area contributed by atoms with E-state index in [1.807, 2.05) is 18.4 Å². The van der Waals surface area contributed by atoms with Crippen molar-refractivity contribution < 1.29 is 9.53 Å². The minimum atomic E-state index is -0.160. The van der Waals surface area contributed by atoms with Crippen LogP contribution in [0.15, 0.2) is 24.3 Å². The highest BCUT2D eigenvalue weighted by Gasteiger charge is 2.17. The van der Waals surface area contributed by atoms with Gasteiger partial charge in [0.05, 0.1) is 12.9 Å². The van der Waals surface area contributed by atoms with Crippen LogP contribution in [-0.2, 0) is 9.53 Å². The third-order valence-electron chi connectivity index (χ3n) is 3.55. The summed E-state index contributed by atoms with van der Waals surface area (Å²) in [5, 5.41) is 0.835. The molecular weight excluding hydrogens is 306 g/mol. The first-order valence-corrected chi connectivity index (χ1v) is 8.83. The second-order valence-electron chi connectivity index (χ2n) is 5.14. The van der Waals surface area contributed by atoms with Gasteiger partial charge in [0.2, 0.25) is 0 Å². The number of carbonyl (C=O) groups excluding carboxylic acids is 1. The van der Waals surface area contributed by atoms with E-state index >= 15 is 0 Å². The van der Waals surface area contributed by atoms with Crippen molar-refractivity contribution in [1.82, 2.24) is 4.90 Å². The molecule has 0 aromatic heterocycles. The first-order chi connectivity index (χ1) is 10.1. The van der Waals surface area contributed by atoms with E-state index in [4.69, 9.17) is 11.6 Å². The molecule has 21 heavy (non-hydrogen) atoms. The third-order valence-corrected chi connectivity index (χ3v) is 4.33. The maximum atomic E-state index is 10.2. The van der Waals surface area contributed by atoms with Crippen LogP contribution in [0.4, 0.5) is 0 Å². The fourth-order valence-electron chi connectivity index (χ4n) is 2.25. The van der Waals surface area contributed by atoms with Crippen molar-refractivity contribution in [3.8, 4) is 0 Å². The average molecular weight is 330 g/mol. The van der Waals surface area contributed by atoms with Gasteiger partial charge in [0.25, 0.3) is 0 Å². The Morgan fingerprint density at radius 3 is 2.33 bits per heavy atom. The molecule has 1 saturated heterocycles. The summed E-state index contributed by atoms with van der Waals surface area (Å²) >= 11 is 7.33. The van der Waals surface area contributed by atoms with Gasteiger partial charge >= 0.3 is 5.97 Å². The minimum absolute atomic E-state index is 0.160. The molecule has 1 aliphatic heterocycles. The molecule has 5 heteroatoms. The van der Waals surface area contributed by atoms with E-state index in [1.165, 1.54) is 50.4 Å². The molecule has 1 fully saturated rings. The highest BCUT2D eigenvalue weighted by atomic mass is 35.5. The van der Waals surface area contributed by atoms with Crippen molar-refractivity contribution in [2.24, 2.45) is 0 Å². The van der Waals surface area contributed by atoms with E-state index < -0.39 is 0 Å². The number of piperidine rings is 1. The molecule has 1 heterocycles. The molecule has 0 unspecified atom stereocenters. The van der Waals surface area contributed by atoms with Crippen LogP contribution in [0.25, 0.3) is 0 Å². The number of halogens is 1. The lowest BCUT2D eigenvalue weighted by atomic mass is 9.90. The van der Waals surface area contributed by atoms with E-state index in [9.17, 15) is 4.79 Å². The number of hydrogen-bond donors (Lipinski definition) is 0. The van der Waals surface area contributed by atoms with Gasteiger partial charge in [0.15, 0.2) is 0 Å². The molecule has 0 N–H and O–H groups in total. The average Bonchev–Trinajstić information content (AvgIpc) is 2.50. The van der Waals surface area contributed by atoms with Crippen molar-refractivity contribution in [1.29, 1.82) is 0 Å². The molecule has 1 aromatic carbocycles. The predicted molar refractivity (Wildman–Crippen MR) is 91.3 cm³/mol. The molecule has 0 radical (unpaired) electrons. The van der Waals surface area contributed by atoms with E-state index in [2.05, 4.69) is 28.8 Å². The Hall–Kier alpha value is -0.710. The van der Waals surface area contributed by atoms with E-state index in [-0.39, 0.29) is 5.97 Å². The van der Waals surface area contributed by atoms with Gasteiger partial charge in [-0.3, -0.25) is 4.79 Å². The molecule has 0 saturated carbocycles. The minimum Gasteiger partial charge on any atom is -0.468 e. The maximum Gasteiger partial charge on any atom is 0.315 e. The van der Waals surface area contributed by atoms with Gasteiger partial charge in [-0.15, -0.1) is 0 Å². The van der Waals surface area contributed by atoms with Crippen LogP contribution in [0.3, 0.4) is 0 Å². The summed E-state index contributed by atoms with van der Waals surface area (Å²) < 4.78 is 4.33. The van der Waals surface area contributed by atoms with E-state index in [0.717, 1.165) is 10.9 Å². The molecular formula is C16H24ClNO2S. The highest BCUT2D eigenvalue weighted by molar-refractivity contribution is 7.99. The van der Waals surface area contributed by atoms with Crippen molar-refractivity contribution in [2.45, 2.75) is 18.8 Å². The van der Waals surface area contributed by atoms with Gasteiger partial charge < -0.3 is 9.64 Å². The summed E-state index contributed by atoms with van der Waals surface area (Å²) in [7, 11) is 3.58. The summed E-state index contributed by atoms with van der Waals surface area (Å²) in [4.78, 5) is 12.6. The standard InChI is InChI=1S/C12H16ClN.C4H8O2S/c1-14-8-6-11(7-9-14)10-2-4-12(13)5-3-10;1-6-4(5)3-7-2/h2-5,11H,6-9H2,1H3;3H2,1-2H3. The molecule has 3 nitrogen and oxygen atoms in total. The van der Waals surface area contributed by atoms with Crippen LogP contribution >= 0.6 is 23.4 Å². The number of thioether (sulfide) groups is 1. The van der Waals surface area contributed by atoms with Crippen LogP contribution in [0.2, 0.25) is 5.02 Å². The van der Waals surface area contributed by atoms with E-state index in [0.29, 0.717) is 5.75 Å². The fourth-order valence-corrected chi connectivity index (χ4v) is 2.73. The van der Waals surface area contributed by atoms with Crippen molar-refractivity contribution in [3.05, 3.63) is 34.9 Å². The smallest absolute Gasteiger partial charge is 0.315 e. The number of hydrogen-bond acceptors (Lipinski definition) is 4. The lowest BCUT2D eigenvalue weighted by Gasteiger charge is -2.29. The highest BCUT2D eigenvalue weighted by Crippen LogP contribution is 2.28. The molecule has 0 aliphatic carbocycles. The number of likely N-dealkylation sites (tertiary alicyclic amines) is 1. The van der Waals surface area contributed by atoms with Crippen LogP contribution < -0.4 is 0 Å². The number of methoxy groups -OCH3 is 1. The second-order valence-corrected chi connectivity index (χ2v) is 6.44. The lowest BCUT2D eigenvalue weighted by Crippen LogP contribution is -2.29. The Balaban J connectivity index is 0.000000270. The zero-order chi connectivity index (χ0) is 15.7. The number of nitrogens with zero attached hydrogens (tertiary/aromatic N) is 1. The lowest BCUT2D eigenvalue weighted by molar-refractivity contribution is -0.137. The Morgan fingerprint density at radius 2 is 1.90 bits per heavy atom. The number of ether oxygens (including phenoxy) is 1. The van der Waals surface area contributed by atoms with Gasteiger partial charge in [-0.2, -0.15) is 11.8 Å². The number of carbonyl (C=O) groups is 1. The van der Waals surface area contributed by atoms with Crippen molar-refractivity contribution in [2.75, 3.05) is 39.3 Å². The topological polar surface area (TPSA) is 29.5 Å². The molecule has 0 amide bonds. The third kappa shape index (κ3) is 7.21. The first-order valence-electron chi connectivity index (χ1n) is 7.06. The summed E-state index contributed by atoms with van der Waals surface area (Å²) in [5.41, 5.74) is 1.45. The quantitative estimate of drug-likeness (QED) is 0.791. The zero-order valence-corrected chi connectivity index (χ0v) is 14.5. The van der Waals surface area contributed by atoms with Crippen LogP contribution in [0.1, 0.15) is 24.3 Å². The Bertz CT molecular complexity index is 417. The Kier molecular flexibility index (Phi) is 8.81. The SMILES string of the molecule is CN1CCC(c2ccc(Cl)cc2)CC1.COC(=O)CSC. The Morgan fingerprint density at radius 1 is 1.33 bits per heavy atom. The van der Waals surface area contributed by atoms with Crippen LogP contribution in [0, 0.1) is 0 Å². The van der Waals surface area contributed by atoms with Crippen LogP contribution in [0.5, 0.6) is 0 Å². The van der Waals surface area contributed by atoms with Gasteiger partial charge in [-0.05, 0) is 62.8 Å². The fraction of sp³-hybridized carbons (Fsp3) is 0.562. The zero-order valence-electron chi connectivity index (χ0n) is 13.0. The molecule has 118 valence electrons. The summed E-state index contributed by atoms with van der Waals surface area (Å²) in [6, 6.07) is 8.32. The van der Waals surface area contributed by atoms with Gasteiger partial charge in [-0.25, -0.2) is 0 Å². The molecule has 0 spiro atoms. The molecule has 1 aliphatic rings. The summed E-state index contributed by atoms with van der Waals surface area (Å²) in [6.07, 6.45) is 4.41. The monoisotopic (exact) mass is 329 g/mol. The molecule has 0 atom stereocenters. The van der Waals surface area contributed by atoms with Crippen molar-refractivity contribution >= 4 is 29.3 Å². The van der Waals surface area contributed by atoms with E-state index in [1.54, 1.807) is 0 Å². The molecule has 2 rings (SSSR count). The van der Waals surface area contributed by atoms with Gasteiger partial charge in [0, 0.05) is 5.02 Å². The largest absolute Gasteiger partial charge is 0.468 e. The Labute approximate surface area is 137 Å². The maximum absolute atomic E-state index is 10.2. The first kappa shape index (κ1) is 18.3. The predicted octanol–water partition coefficient (Wildman–Crippen LogP) is 3.67. The number of rotatable bonds is 3. The van der Waals surface area contributed by atoms with Crippen LogP contribution in [-0.4, -0.2) is 50.1 Å². The molecule has 0 bridgehead atoms. The summed E-state index contributed by atoms with van der Waals surface area (Å²) in [5.74, 6) is 1.03. The normalized spacial score (nSPS) is 16.0. The van der Waals surface area contributed by atoms with Crippen molar-refractivity contribution in [3.63, 3.8) is 0 Å². The van der Waals surface area contributed by atoms with Gasteiger partial charge in [0.1, 0.15) is 0 Å². The number of benzene rings is 1. The second kappa shape index (κ2) is 10.1. The number of esters is 1. The van der Waals surface area contributed by atoms with Gasteiger partial charge in [-0.1, -0.05) is 23.7 Å². The molecule has 1 aromatic rings. The summed E-state index contributed by atoms with van der Waals surface area (Å²) in [6.45, 7) is 2.43.